The molecule has 2 aromatic rings. The highest BCUT2D eigenvalue weighted by Crippen LogP contribution is 2.14. The third kappa shape index (κ3) is 2.96. The molecule has 0 aliphatic carbocycles. The number of urea groups is 1. The molecule has 3 N–H and O–H groups in total. The van der Waals surface area contributed by atoms with Crippen LogP contribution in [0.2, 0.25) is 0 Å². The quantitative estimate of drug-likeness (QED) is 0.869. The van der Waals surface area contributed by atoms with Gasteiger partial charge in [-0.25, -0.2) is 4.79 Å². The molecule has 3 rings (SSSR count). The predicted octanol–water partition coefficient (Wildman–Crippen LogP) is 1.03. The Bertz CT molecular complexity index is 760. The van der Waals surface area contributed by atoms with Gasteiger partial charge in [0.05, 0.1) is 0 Å². The van der Waals surface area contributed by atoms with Gasteiger partial charge in [0.1, 0.15) is 0 Å². The number of hydrogen-bond donors (Lipinski definition) is 2. The molecule has 116 valence electrons. The van der Waals surface area contributed by atoms with Gasteiger partial charge in [-0.1, -0.05) is 12.1 Å². The van der Waals surface area contributed by atoms with Gasteiger partial charge in [-0.3, -0.25) is 9.69 Å². The number of piperazine rings is 1. The molecule has 1 aromatic heterocycles. The maximum Gasteiger partial charge on any atom is 0.314 e. The van der Waals surface area contributed by atoms with Crippen LogP contribution in [0.5, 0.6) is 0 Å². The monoisotopic (exact) mass is 300 g/mol. The van der Waals surface area contributed by atoms with E-state index in [1.807, 2.05) is 31.2 Å². The molecule has 1 aromatic carbocycles. The van der Waals surface area contributed by atoms with E-state index in [1.54, 1.807) is 4.90 Å². The Labute approximate surface area is 128 Å². The van der Waals surface area contributed by atoms with Gasteiger partial charge < -0.3 is 15.6 Å². The maximum atomic E-state index is 12.2. The van der Waals surface area contributed by atoms with Crippen LogP contribution in [0, 0.1) is 6.92 Å². The van der Waals surface area contributed by atoms with Crippen molar-refractivity contribution in [2.24, 2.45) is 5.73 Å². The zero-order chi connectivity index (χ0) is 15.7. The first-order valence-corrected chi connectivity index (χ1v) is 7.42. The lowest BCUT2D eigenvalue weighted by molar-refractivity contribution is 0.140. The highest BCUT2D eigenvalue weighted by molar-refractivity contribution is 5.79. The summed E-state index contributed by atoms with van der Waals surface area (Å²) in [7, 11) is 0. The number of fused-ring (bicyclic) bond motifs is 1. The predicted molar refractivity (Wildman–Crippen MR) is 85.7 cm³/mol. The Morgan fingerprint density at radius 1 is 1.23 bits per heavy atom. The van der Waals surface area contributed by atoms with Gasteiger partial charge >= 0.3 is 6.03 Å². The summed E-state index contributed by atoms with van der Waals surface area (Å²) >= 11 is 0. The number of nitrogens with two attached hydrogens (primary N) is 1. The van der Waals surface area contributed by atoms with E-state index in [4.69, 9.17) is 5.73 Å². The second kappa shape index (κ2) is 5.81. The number of rotatable bonds is 2. The second-order valence-electron chi connectivity index (χ2n) is 5.82. The van der Waals surface area contributed by atoms with Gasteiger partial charge in [0.25, 0.3) is 5.56 Å². The molecule has 1 fully saturated rings. The van der Waals surface area contributed by atoms with Crippen molar-refractivity contribution in [3.63, 3.8) is 0 Å². The normalized spacial score (nSPS) is 16.1. The fourth-order valence-corrected chi connectivity index (χ4v) is 2.84. The van der Waals surface area contributed by atoms with Crippen LogP contribution in [0.25, 0.3) is 10.9 Å². The molecule has 0 bridgehead atoms. The van der Waals surface area contributed by atoms with Crippen molar-refractivity contribution in [1.29, 1.82) is 0 Å². The molecule has 0 atom stereocenters. The van der Waals surface area contributed by atoms with Gasteiger partial charge in [0.2, 0.25) is 0 Å². The molecule has 1 aliphatic heterocycles. The molecular formula is C16H20N4O2. The highest BCUT2D eigenvalue weighted by Gasteiger charge is 2.19. The smallest absolute Gasteiger partial charge is 0.314 e. The first kappa shape index (κ1) is 14.6. The van der Waals surface area contributed by atoms with E-state index in [0.717, 1.165) is 35.1 Å². The lowest BCUT2D eigenvalue weighted by Crippen LogP contribution is -2.50. The van der Waals surface area contributed by atoms with Crippen molar-refractivity contribution in [2.45, 2.75) is 13.5 Å². The van der Waals surface area contributed by atoms with Crippen LogP contribution in [-0.4, -0.2) is 47.0 Å². The zero-order valence-electron chi connectivity index (χ0n) is 12.6. The summed E-state index contributed by atoms with van der Waals surface area (Å²) in [5.41, 5.74) is 7.98. The summed E-state index contributed by atoms with van der Waals surface area (Å²) in [6.45, 7) is 5.28. The topological polar surface area (TPSA) is 82.4 Å². The molecule has 6 heteroatoms. The second-order valence-corrected chi connectivity index (χ2v) is 5.82. The minimum Gasteiger partial charge on any atom is -0.351 e. The number of aryl methyl sites for hydroxylation is 1. The van der Waals surface area contributed by atoms with Crippen LogP contribution in [0.3, 0.4) is 0 Å². The van der Waals surface area contributed by atoms with E-state index < -0.39 is 0 Å². The van der Waals surface area contributed by atoms with Gasteiger partial charge in [-0.15, -0.1) is 0 Å². The van der Waals surface area contributed by atoms with E-state index in [-0.39, 0.29) is 11.6 Å². The maximum absolute atomic E-state index is 12.2. The van der Waals surface area contributed by atoms with E-state index >= 15 is 0 Å². The molecule has 6 nitrogen and oxygen atoms in total. The number of benzene rings is 1. The Morgan fingerprint density at radius 2 is 1.95 bits per heavy atom. The van der Waals surface area contributed by atoms with E-state index in [9.17, 15) is 9.59 Å². The molecule has 0 saturated carbocycles. The van der Waals surface area contributed by atoms with Crippen molar-refractivity contribution in [2.75, 3.05) is 26.2 Å². The number of aromatic amines is 1. The number of primary amides is 1. The summed E-state index contributed by atoms with van der Waals surface area (Å²) in [5, 5.41) is 1.04. The summed E-state index contributed by atoms with van der Waals surface area (Å²) in [6, 6.07) is 7.62. The molecule has 1 aliphatic rings. The summed E-state index contributed by atoms with van der Waals surface area (Å²) in [5.74, 6) is 0. The van der Waals surface area contributed by atoms with Crippen LogP contribution in [0.1, 0.15) is 11.1 Å². The van der Waals surface area contributed by atoms with Crippen LogP contribution in [0.4, 0.5) is 4.79 Å². The lowest BCUT2D eigenvalue weighted by atomic mass is 10.1. The highest BCUT2D eigenvalue weighted by atomic mass is 16.2. The fraction of sp³-hybridized carbons (Fsp3) is 0.375. The van der Waals surface area contributed by atoms with E-state index in [2.05, 4.69) is 9.88 Å². The standard InChI is InChI=1S/C16H20N4O2/c1-11-2-3-12-9-13(15(21)18-14(12)8-11)10-19-4-6-20(7-5-19)16(17)22/h2-3,8-9H,4-7,10H2,1H3,(H2,17,22)(H,18,21). The lowest BCUT2D eigenvalue weighted by Gasteiger charge is -2.33. The third-order valence-electron chi connectivity index (χ3n) is 4.16. The van der Waals surface area contributed by atoms with Crippen molar-refractivity contribution in [3.8, 4) is 0 Å². The number of H-pyrrole nitrogens is 1. The molecule has 22 heavy (non-hydrogen) atoms. The number of pyridine rings is 1. The third-order valence-corrected chi connectivity index (χ3v) is 4.16. The van der Waals surface area contributed by atoms with Gasteiger partial charge in [-0.2, -0.15) is 0 Å². The largest absolute Gasteiger partial charge is 0.351 e. The summed E-state index contributed by atoms with van der Waals surface area (Å²) in [4.78, 5) is 30.1. The Balaban J connectivity index is 1.77. The van der Waals surface area contributed by atoms with Crippen LogP contribution in [-0.2, 0) is 6.54 Å². The number of nitrogens with zero attached hydrogens (tertiary/aromatic N) is 2. The van der Waals surface area contributed by atoms with Crippen molar-refractivity contribution >= 4 is 16.9 Å². The first-order chi connectivity index (χ1) is 10.5. The molecule has 1 saturated heterocycles. The number of carbonyl (C=O) groups excluding carboxylic acids is 1. The summed E-state index contributed by atoms with van der Waals surface area (Å²) in [6.07, 6.45) is 0. The minimum absolute atomic E-state index is 0.0459. The molecule has 2 amide bonds. The number of carbonyl (C=O) groups is 1. The average Bonchev–Trinajstić information content (AvgIpc) is 2.49. The SMILES string of the molecule is Cc1ccc2cc(CN3CCN(C(N)=O)CC3)c(=O)[nH]c2c1. The molecule has 0 unspecified atom stereocenters. The number of amides is 2. The Morgan fingerprint density at radius 3 is 2.64 bits per heavy atom. The Hall–Kier alpha value is -2.34. The van der Waals surface area contributed by atoms with Gasteiger partial charge in [0, 0.05) is 43.8 Å². The van der Waals surface area contributed by atoms with Crippen LogP contribution >= 0.6 is 0 Å². The van der Waals surface area contributed by atoms with Crippen LogP contribution in [0.15, 0.2) is 29.1 Å². The summed E-state index contributed by atoms with van der Waals surface area (Å²) < 4.78 is 0. The molecule has 0 spiro atoms. The van der Waals surface area contributed by atoms with Crippen molar-refractivity contribution < 1.29 is 4.79 Å². The molecule has 2 heterocycles. The first-order valence-electron chi connectivity index (χ1n) is 7.42. The van der Waals surface area contributed by atoms with Gasteiger partial charge in [-0.05, 0) is 30.0 Å². The number of hydrogen-bond acceptors (Lipinski definition) is 3. The Kier molecular flexibility index (Phi) is 3.85. The van der Waals surface area contributed by atoms with Crippen molar-refractivity contribution in [3.05, 3.63) is 45.7 Å². The average molecular weight is 300 g/mol. The minimum atomic E-state index is -0.376. The van der Waals surface area contributed by atoms with E-state index in [0.29, 0.717) is 19.6 Å². The molecule has 0 radical (unpaired) electrons. The molecular weight excluding hydrogens is 280 g/mol. The van der Waals surface area contributed by atoms with Crippen molar-refractivity contribution in [1.82, 2.24) is 14.8 Å². The van der Waals surface area contributed by atoms with Gasteiger partial charge in [0.15, 0.2) is 0 Å². The van der Waals surface area contributed by atoms with Crippen LogP contribution < -0.4 is 11.3 Å². The van der Waals surface area contributed by atoms with E-state index in [1.165, 1.54) is 0 Å². The number of nitrogens with one attached hydrogen (secondary N) is 1. The fourth-order valence-electron chi connectivity index (χ4n) is 2.84. The number of aromatic nitrogens is 1. The zero-order valence-corrected chi connectivity index (χ0v) is 12.6.